The summed E-state index contributed by atoms with van der Waals surface area (Å²) < 4.78 is 0. The number of piperidine rings is 1. The molecular formula is C15H24N2. The molecule has 0 unspecified atom stereocenters. The fourth-order valence-electron chi connectivity index (χ4n) is 2.69. The molecule has 1 heterocycles. The lowest BCUT2D eigenvalue weighted by atomic mass is 9.97. The number of hydrogen-bond donors (Lipinski definition) is 1. The minimum absolute atomic E-state index is 0.881. The molecule has 1 aliphatic rings. The maximum absolute atomic E-state index is 3.43. The van der Waals surface area contributed by atoms with Gasteiger partial charge in [-0.05, 0) is 51.4 Å². The van der Waals surface area contributed by atoms with Crippen LogP contribution in [0.3, 0.4) is 0 Å². The van der Waals surface area contributed by atoms with Crippen molar-refractivity contribution in [3.8, 4) is 0 Å². The van der Waals surface area contributed by atoms with Crippen LogP contribution in [0, 0.1) is 12.8 Å². The number of nitrogens with one attached hydrogen (secondary N) is 1. The molecule has 0 saturated carbocycles. The van der Waals surface area contributed by atoms with E-state index in [1.54, 1.807) is 0 Å². The highest BCUT2D eigenvalue weighted by atomic mass is 15.1. The van der Waals surface area contributed by atoms with Gasteiger partial charge in [0.25, 0.3) is 0 Å². The average molecular weight is 232 g/mol. The van der Waals surface area contributed by atoms with E-state index in [1.165, 1.54) is 43.6 Å². The third kappa shape index (κ3) is 4.14. The predicted molar refractivity (Wildman–Crippen MR) is 73.1 cm³/mol. The molecule has 94 valence electrons. The van der Waals surface area contributed by atoms with Crippen molar-refractivity contribution in [2.24, 2.45) is 5.92 Å². The molecule has 1 fully saturated rings. The van der Waals surface area contributed by atoms with Crippen molar-refractivity contribution >= 4 is 0 Å². The van der Waals surface area contributed by atoms with Crippen LogP contribution in [-0.4, -0.2) is 31.6 Å². The van der Waals surface area contributed by atoms with Crippen LogP contribution < -0.4 is 5.32 Å². The lowest BCUT2D eigenvalue weighted by Crippen LogP contribution is -2.34. The van der Waals surface area contributed by atoms with Gasteiger partial charge in [0.2, 0.25) is 0 Å². The largest absolute Gasteiger partial charge is 0.317 e. The molecule has 0 aliphatic carbocycles. The van der Waals surface area contributed by atoms with Crippen LogP contribution in [0.15, 0.2) is 24.3 Å². The summed E-state index contributed by atoms with van der Waals surface area (Å²) in [5.41, 5.74) is 2.79. The molecule has 1 saturated heterocycles. The van der Waals surface area contributed by atoms with Crippen LogP contribution in [0.5, 0.6) is 0 Å². The van der Waals surface area contributed by atoms with Gasteiger partial charge in [-0.2, -0.15) is 0 Å². The van der Waals surface area contributed by atoms with E-state index in [1.807, 2.05) is 0 Å². The second-order valence-corrected chi connectivity index (χ2v) is 5.38. The molecule has 0 bridgehead atoms. The first kappa shape index (κ1) is 12.6. The average Bonchev–Trinajstić information content (AvgIpc) is 2.30. The minimum atomic E-state index is 0.881. The first-order chi connectivity index (χ1) is 8.24. The van der Waals surface area contributed by atoms with E-state index >= 15 is 0 Å². The molecule has 1 aromatic rings. The Labute approximate surface area is 105 Å². The Bertz CT molecular complexity index is 343. The maximum atomic E-state index is 3.43. The van der Waals surface area contributed by atoms with Crippen molar-refractivity contribution < 1.29 is 0 Å². The predicted octanol–water partition coefficient (Wildman–Crippen LogP) is 2.43. The number of hydrogen-bond acceptors (Lipinski definition) is 2. The summed E-state index contributed by atoms with van der Waals surface area (Å²) in [5, 5.41) is 3.43. The molecule has 0 amide bonds. The third-order valence-electron chi connectivity index (χ3n) is 3.56. The molecule has 0 radical (unpaired) electrons. The lowest BCUT2D eigenvalue weighted by Gasteiger charge is -2.27. The van der Waals surface area contributed by atoms with Gasteiger partial charge in [-0.3, -0.25) is 0 Å². The summed E-state index contributed by atoms with van der Waals surface area (Å²) in [6, 6.07) is 8.84. The summed E-state index contributed by atoms with van der Waals surface area (Å²) in [6.07, 6.45) is 2.66. The Kier molecular flexibility index (Phi) is 4.57. The smallest absolute Gasteiger partial charge is 0.0230 e. The molecule has 1 aromatic carbocycles. The zero-order valence-electron chi connectivity index (χ0n) is 11.1. The van der Waals surface area contributed by atoms with Gasteiger partial charge < -0.3 is 10.2 Å². The molecule has 0 spiro atoms. The number of nitrogens with zero attached hydrogens (tertiary/aromatic N) is 1. The van der Waals surface area contributed by atoms with Crippen LogP contribution in [-0.2, 0) is 6.54 Å². The van der Waals surface area contributed by atoms with Gasteiger partial charge in [0, 0.05) is 13.1 Å². The monoisotopic (exact) mass is 232 g/mol. The summed E-state index contributed by atoms with van der Waals surface area (Å²) in [6.45, 7) is 6.86. The van der Waals surface area contributed by atoms with E-state index in [-0.39, 0.29) is 0 Å². The Morgan fingerprint density at radius 2 is 2.06 bits per heavy atom. The van der Waals surface area contributed by atoms with Gasteiger partial charge in [-0.1, -0.05) is 29.8 Å². The molecular weight excluding hydrogens is 208 g/mol. The molecule has 17 heavy (non-hydrogen) atoms. The first-order valence-electron chi connectivity index (χ1n) is 6.69. The quantitative estimate of drug-likeness (QED) is 0.857. The van der Waals surface area contributed by atoms with Crippen LogP contribution in [0.2, 0.25) is 0 Å². The summed E-state index contributed by atoms with van der Waals surface area (Å²) in [7, 11) is 2.24. The number of benzene rings is 1. The van der Waals surface area contributed by atoms with Gasteiger partial charge in [0.05, 0.1) is 0 Å². The summed E-state index contributed by atoms with van der Waals surface area (Å²) >= 11 is 0. The van der Waals surface area contributed by atoms with Crippen molar-refractivity contribution in [1.82, 2.24) is 10.2 Å². The highest BCUT2D eigenvalue weighted by Crippen LogP contribution is 2.14. The Hall–Kier alpha value is -0.860. The second kappa shape index (κ2) is 6.18. The van der Waals surface area contributed by atoms with Gasteiger partial charge >= 0.3 is 0 Å². The zero-order valence-corrected chi connectivity index (χ0v) is 11.1. The zero-order chi connectivity index (χ0) is 12.1. The number of rotatable bonds is 4. The van der Waals surface area contributed by atoms with Gasteiger partial charge in [-0.15, -0.1) is 0 Å². The number of aryl methyl sites for hydroxylation is 1. The SMILES string of the molecule is Cc1cccc(CN(C)CC2CCNCC2)c1. The Morgan fingerprint density at radius 1 is 1.29 bits per heavy atom. The van der Waals surface area contributed by atoms with Crippen LogP contribution >= 0.6 is 0 Å². The minimum Gasteiger partial charge on any atom is -0.317 e. The lowest BCUT2D eigenvalue weighted by molar-refractivity contribution is 0.234. The van der Waals surface area contributed by atoms with E-state index < -0.39 is 0 Å². The Morgan fingerprint density at radius 3 is 2.76 bits per heavy atom. The van der Waals surface area contributed by atoms with E-state index in [0.717, 1.165) is 12.5 Å². The normalized spacial score (nSPS) is 17.6. The van der Waals surface area contributed by atoms with Crippen molar-refractivity contribution in [2.75, 3.05) is 26.7 Å². The van der Waals surface area contributed by atoms with Crippen LogP contribution in [0.4, 0.5) is 0 Å². The molecule has 2 rings (SSSR count). The fraction of sp³-hybridized carbons (Fsp3) is 0.600. The molecule has 2 nitrogen and oxygen atoms in total. The van der Waals surface area contributed by atoms with E-state index in [2.05, 4.69) is 48.5 Å². The van der Waals surface area contributed by atoms with Crippen molar-refractivity contribution in [3.63, 3.8) is 0 Å². The molecule has 0 aromatic heterocycles. The van der Waals surface area contributed by atoms with E-state index in [9.17, 15) is 0 Å². The summed E-state index contributed by atoms with van der Waals surface area (Å²) in [4.78, 5) is 2.46. The second-order valence-electron chi connectivity index (χ2n) is 5.38. The van der Waals surface area contributed by atoms with Crippen molar-refractivity contribution in [2.45, 2.75) is 26.3 Å². The fourth-order valence-corrected chi connectivity index (χ4v) is 2.69. The highest BCUT2D eigenvalue weighted by Gasteiger charge is 2.14. The maximum Gasteiger partial charge on any atom is 0.0230 e. The van der Waals surface area contributed by atoms with Crippen molar-refractivity contribution in [1.29, 1.82) is 0 Å². The van der Waals surface area contributed by atoms with Gasteiger partial charge in [-0.25, -0.2) is 0 Å². The first-order valence-corrected chi connectivity index (χ1v) is 6.69. The molecule has 0 atom stereocenters. The standard InChI is InChI=1S/C15H24N2/c1-13-4-3-5-15(10-13)12-17(2)11-14-6-8-16-9-7-14/h3-5,10,14,16H,6-9,11-12H2,1-2H3. The van der Waals surface area contributed by atoms with E-state index in [4.69, 9.17) is 0 Å². The molecule has 2 heteroatoms. The van der Waals surface area contributed by atoms with Crippen LogP contribution in [0.25, 0.3) is 0 Å². The Balaban J connectivity index is 1.82. The van der Waals surface area contributed by atoms with E-state index in [0.29, 0.717) is 0 Å². The third-order valence-corrected chi connectivity index (χ3v) is 3.56. The van der Waals surface area contributed by atoms with Crippen LogP contribution in [0.1, 0.15) is 24.0 Å². The molecule has 1 N–H and O–H groups in total. The topological polar surface area (TPSA) is 15.3 Å². The van der Waals surface area contributed by atoms with Crippen molar-refractivity contribution in [3.05, 3.63) is 35.4 Å². The summed E-state index contributed by atoms with van der Waals surface area (Å²) in [5.74, 6) is 0.881. The molecule has 1 aliphatic heterocycles. The van der Waals surface area contributed by atoms with Gasteiger partial charge in [0.15, 0.2) is 0 Å². The van der Waals surface area contributed by atoms with Gasteiger partial charge in [0.1, 0.15) is 0 Å². The highest BCUT2D eigenvalue weighted by molar-refractivity contribution is 5.21.